The van der Waals surface area contributed by atoms with E-state index in [-0.39, 0.29) is 18.5 Å². The number of fused-ring (bicyclic) bond motifs is 3. The quantitative estimate of drug-likeness (QED) is 0.458. The molecule has 8 heteroatoms. The van der Waals surface area contributed by atoms with Gasteiger partial charge in [0.1, 0.15) is 10.7 Å². The first-order valence-corrected chi connectivity index (χ1v) is 10.9. The molecule has 0 amide bonds. The molecule has 0 spiro atoms. The van der Waals surface area contributed by atoms with Gasteiger partial charge in [0.05, 0.1) is 11.7 Å². The number of hydrogen-bond acceptors (Lipinski definition) is 3. The van der Waals surface area contributed by atoms with Crippen LogP contribution in [0.2, 0.25) is 0 Å². The number of alkyl halides is 2. The van der Waals surface area contributed by atoms with Crippen LogP contribution in [0.4, 0.5) is 8.78 Å². The van der Waals surface area contributed by atoms with Gasteiger partial charge in [-0.1, -0.05) is 24.3 Å². The van der Waals surface area contributed by atoms with Crippen LogP contribution in [0.5, 0.6) is 0 Å². The Morgan fingerprint density at radius 3 is 2.61 bits per heavy atom. The molecule has 1 atom stereocenters. The maximum absolute atomic E-state index is 15.3. The Labute approximate surface area is 178 Å². The molecular formula is C20H20Br2F2N2O2. The minimum atomic E-state index is -2.82. The Morgan fingerprint density at radius 1 is 1.25 bits per heavy atom. The number of benzene rings is 1. The van der Waals surface area contributed by atoms with E-state index in [9.17, 15) is 4.79 Å². The lowest BCUT2D eigenvalue weighted by atomic mass is 9.80. The molecule has 1 saturated carbocycles. The van der Waals surface area contributed by atoms with Crippen molar-refractivity contribution >= 4 is 37.8 Å². The largest absolute Gasteiger partial charge is 0.463 e. The highest BCUT2D eigenvalue weighted by atomic mass is 79.9. The van der Waals surface area contributed by atoms with E-state index in [1.165, 1.54) is 6.92 Å². The standard InChI is InChI=1S/C20H20Br2F2N2O2/c1-11(27)28-13-8-6-12(7-9-13)20(23,24)10-16-14-4-2-3-5-15(14)17-18(21)25-19(22)26(16)17/h2-5,12-13,16H,6-10H2,1H3. The van der Waals surface area contributed by atoms with Gasteiger partial charge in [-0.3, -0.25) is 4.79 Å². The van der Waals surface area contributed by atoms with E-state index in [0.29, 0.717) is 35.0 Å². The zero-order valence-electron chi connectivity index (χ0n) is 15.3. The van der Waals surface area contributed by atoms with E-state index in [4.69, 9.17) is 4.74 Å². The predicted molar refractivity (Wildman–Crippen MR) is 108 cm³/mol. The Kier molecular flexibility index (Phi) is 5.37. The van der Waals surface area contributed by atoms with Crippen LogP contribution < -0.4 is 0 Å². The molecule has 2 heterocycles. The fourth-order valence-electron chi connectivity index (χ4n) is 4.51. The van der Waals surface area contributed by atoms with Crippen molar-refractivity contribution in [3.05, 3.63) is 39.2 Å². The summed E-state index contributed by atoms with van der Waals surface area (Å²) in [4.78, 5) is 15.5. The van der Waals surface area contributed by atoms with Gasteiger partial charge < -0.3 is 9.30 Å². The molecule has 28 heavy (non-hydrogen) atoms. The molecule has 0 N–H and O–H groups in total. The summed E-state index contributed by atoms with van der Waals surface area (Å²) >= 11 is 6.89. The van der Waals surface area contributed by atoms with Crippen molar-refractivity contribution < 1.29 is 18.3 Å². The van der Waals surface area contributed by atoms with E-state index in [1.54, 1.807) is 0 Å². The third-order valence-corrected chi connectivity index (χ3v) is 6.89. The van der Waals surface area contributed by atoms with Crippen LogP contribution in [0, 0.1) is 5.92 Å². The summed E-state index contributed by atoms with van der Waals surface area (Å²) in [6, 6.07) is 7.19. The third-order valence-electron chi connectivity index (χ3n) is 5.78. The summed E-state index contributed by atoms with van der Waals surface area (Å²) in [5, 5.41) is 0. The summed E-state index contributed by atoms with van der Waals surface area (Å²) in [6.45, 7) is 1.36. The topological polar surface area (TPSA) is 44.1 Å². The zero-order chi connectivity index (χ0) is 20.1. The first-order valence-electron chi connectivity index (χ1n) is 9.35. The van der Waals surface area contributed by atoms with Gasteiger partial charge in [0.15, 0.2) is 4.73 Å². The first-order chi connectivity index (χ1) is 13.3. The fraction of sp³-hybridized carbons (Fsp3) is 0.500. The van der Waals surface area contributed by atoms with Gasteiger partial charge >= 0.3 is 5.97 Å². The van der Waals surface area contributed by atoms with Crippen LogP contribution >= 0.6 is 31.9 Å². The van der Waals surface area contributed by atoms with Crippen molar-refractivity contribution in [1.29, 1.82) is 0 Å². The average molecular weight is 518 g/mol. The molecule has 4 nitrogen and oxygen atoms in total. The molecule has 1 aromatic heterocycles. The number of nitrogens with zero attached hydrogens (tertiary/aromatic N) is 2. The highest BCUT2D eigenvalue weighted by Crippen LogP contribution is 2.51. The van der Waals surface area contributed by atoms with Gasteiger partial charge in [-0.15, -0.1) is 0 Å². The fourth-order valence-corrected chi connectivity index (χ4v) is 5.92. The van der Waals surface area contributed by atoms with Crippen LogP contribution in [0.3, 0.4) is 0 Å². The smallest absolute Gasteiger partial charge is 0.302 e. The Balaban J connectivity index is 1.56. The summed E-state index contributed by atoms with van der Waals surface area (Å²) < 4.78 is 38.9. The Bertz CT molecular complexity index is 908. The van der Waals surface area contributed by atoms with Crippen molar-refractivity contribution in [3.63, 3.8) is 0 Å². The predicted octanol–water partition coefficient (Wildman–Crippen LogP) is 6.13. The van der Waals surface area contributed by atoms with Crippen LogP contribution in [-0.2, 0) is 9.53 Å². The van der Waals surface area contributed by atoms with Gasteiger partial charge in [-0.05, 0) is 63.1 Å². The number of rotatable bonds is 4. The second kappa shape index (κ2) is 7.52. The molecule has 1 aromatic carbocycles. The van der Waals surface area contributed by atoms with Crippen LogP contribution in [-0.4, -0.2) is 27.5 Å². The van der Waals surface area contributed by atoms with Crippen molar-refractivity contribution in [3.8, 4) is 11.3 Å². The molecule has 1 aliphatic carbocycles. The van der Waals surface area contributed by atoms with Crippen molar-refractivity contribution in [2.75, 3.05) is 0 Å². The number of hydrogen-bond donors (Lipinski definition) is 0. The second-order valence-corrected chi connectivity index (χ2v) is 9.00. The maximum Gasteiger partial charge on any atom is 0.302 e. The lowest BCUT2D eigenvalue weighted by molar-refractivity contribution is -0.150. The number of imidazole rings is 1. The maximum atomic E-state index is 15.3. The summed E-state index contributed by atoms with van der Waals surface area (Å²) in [7, 11) is 0. The van der Waals surface area contributed by atoms with Gasteiger partial charge in [0.2, 0.25) is 0 Å². The highest BCUT2D eigenvalue weighted by Gasteiger charge is 2.46. The van der Waals surface area contributed by atoms with E-state index in [1.807, 2.05) is 28.8 Å². The van der Waals surface area contributed by atoms with E-state index >= 15 is 8.78 Å². The number of esters is 1. The number of aromatic nitrogens is 2. The molecule has 2 aromatic rings. The normalized spacial score (nSPS) is 24.0. The number of halogens is 4. The van der Waals surface area contributed by atoms with E-state index in [0.717, 1.165) is 16.8 Å². The lowest BCUT2D eigenvalue weighted by Crippen LogP contribution is -2.36. The average Bonchev–Trinajstić information content (AvgIpc) is 3.11. The Hall–Kier alpha value is -1.28. The zero-order valence-corrected chi connectivity index (χ0v) is 18.5. The van der Waals surface area contributed by atoms with Gasteiger partial charge in [0, 0.05) is 24.8 Å². The minimum absolute atomic E-state index is 0.234. The van der Waals surface area contributed by atoms with Gasteiger partial charge in [0.25, 0.3) is 5.92 Å². The molecular weight excluding hydrogens is 498 g/mol. The van der Waals surface area contributed by atoms with Crippen molar-refractivity contribution in [2.45, 2.75) is 57.1 Å². The summed E-state index contributed by atoms with van der Waals surface area (Å²) in [5.74, 6) is -3.88. The van der Waals surface area contributed by atoms with Crippen LogP contribution in [0.1, 0.15) is 50.6 Å². The molecule has 1 aliphatic heterocycles. The van der Waals surface area contributed by atoms with Gasteiger partial charge in [-0.25, -0.2) is 13.8 Å². The molecule has 2 aliphatic rings. The van der Waals surface area contributed by atoms with Crippen molar-refractivity contribution in [1.82, 2.24) is 9.55 Å². The molecule has 1 unspecified atom stereocenters. The monoisotopic (exact) mass is 516 g/mol. The summed E-state index contributed by atoms with van der Waals surface area (Å²) in [6.07, 6.45) is 1.20. The van der Waals surface area contributed by atoms with Crippen LogP contribution in [0.25, 0.3) is 11.3 Å². The van der Waals surface area contributed by atoms with Crippen LogP contribution in [0.15, 0.2) is 33.6 Å². The highest BCUT2D eigenvalue weighted by molar-refractivity contribution is 9.11. The first kappa shape index (κ1) is 20.0. The minimum Gasteiger partial charge on any atom is -0.463 e. The SMILES string of the molecule is CC(=O)OC1CCC(C(F)(F)CC2c3ccccc3-c3c(Br)nc(Br)n32)CC1. The van der Waals surface area contributed by atoms with Crippen molar-refractivity contribution in [2.24, 2.45) is 5.92 Å². The molecule has 1 fully saturated rings. The number of ether oxygens (including phenoxy) is 1. The third kappa shape index (κ3) is 3.54. The summed E-state index contributed by atoms with van der Waals surface area (Å²) in [5.41, 5.74) is 2.67. The second-order valence-electron chi connectivity index (χ2n) is 7.54. The lowest BCUT2D eigenvalue weighted by Gasteiger charge is -2.34. The molecule has 150 valence electrons. The molecule has 0 bridgehead atoms. The molecule has 0 radical (unpaired) electrons. The van der Waals surface area contributed by atoms with Gasteiger partial charge in [-0.2, -0.15) is 0 Å². The van der Waals surface area contributed by atoms with E-state index < -0.39 is 17.9 Å². The number of carbonyl (C=O) groups excluding carboxylic acids is 1. The number of carbonyl (C=O) groups is 1. The van der Waals surface area contributed by atoms with E-state index in [2.05, 4.69) is 36.8 Å². The Morgan fingerprint density at radius 2 is 1.93 bits per heavy atom. The molecule has 0 saturated heterocycles. The molecule has 4 rings (SSSR count).